The number of halogens is 2. The molecule has 4 heterocycles. The molecule has 3 aromatic rings. The predicted molar refractivity (Wildman–Crippen MR) is 139 cm³/mol. The molecule has 7 rings (SSSR count). The molecule has 194 valence electrons. The van der Waals surface area contributed by atoms with Crippen LogP contribution in [0.15, 0.2) is 71.8 Å². The lowest BCUT2D eigenvalue weighted by Crippen LogP contribution is -2.47. The lowest BCUT2D eigenvalue weighted by Gasteiger charge is -2.37. The standard InChI is InChI=1S/C28H26F2N6O2/c29-17-9-10-20-23(14-17)35(15-31-20)27-32-21(13-16-5-2-1-3-6-16)24-26(34-27)36(28(37)33-24)22-11-12-38-25-18(22)7-4-8-19(25)30/h1-2,4-5,7,9-10,14-15,19,22,28,33,37H,3,6,8,11-13H2/t19?,22-,28?/m1/s1. The molecule has 0 bridgehead atoms. The SMILES string of the molecule is OC1Nc2c(CC3=CC=CCC3)nc(-n3cnc4ccc(F)cc43)nc2N1[C@@H]1CCOC2=C1C=CCC2F. The fourth-order valence-electron chi connectivity index (χ4n) is 5.70. The molecule has 3 atom stereocenters. The van der Waals surface area contributed by atoms with Crippen LogP contribution in [-0.4, -0.2) is 49.8 Å². The van der Waals surface area contributed by atoms with Gasteiger partial charge in [-0.1, -0.05) is 36.0 Å². The fourth-order valence-corrected chi connectivity index (χ4v) is 5.70. The quantitative estimate of drug-likeness (QED) is 0.523. The number of benzene rings is 1. The highest BCUT2D eigenvalue weighted by atomic mass is 19.1. The number of nitrogens with zero attached hydrogens (tertiary/aromatic N) is 5. The Labute approximate surface area is 217 Å². The number of allylic oxidation sites excluding steroid dienone is 6. The van der Waals surface area contributed by atoms with E-state index in [1.54, 1.807) is 27.9 Å². The number of aromatic nitrogens is 4. The first-order valence-electron chi connectivity index (χ1n) is 12.9. The summed E-state index contributed by atoms with van der Waals surface area (Å²) in [5, 5.41) is 14.4. The van der Waals surface area contributed by atoms with E-state index < -0.39 is 12.5 Å². The highest BCUT2D eigenvalue weighted by Gasteiger charge is 2.42. The molecule has 2 aliphatic heterocycles. The van der Waals surface area contributed by atoms with Crippen LogP contribution in [-0.2, 0) is 11.2 Å². The van der Waals surface area contributed by atoms with Crippen LogP contribution in [0.2, 0.25) is 0 Å². The summed E-state index contributed by atoms with van der Waals surface area (Å²) in [7, 11) is 0. The van der Waals surface area contributed by atoms with Crippen molar-refractivity contribution in [2.24, 2.45) is 0 Å². The second kappa shape index (κ2) is 9.05. The Morgan fingerprint density at radius 1 is 1.21 bits per heavy atom. The third kappa shape index (κ3) is 3.78. The Hall–Kier alpha value is -4.05. The number of hydrogen-bond acceptors (Lipinski definition) is 7. The third-order valence-corrected chi connectivity index (χ3v) is 7.51. The molecule has 2 aliphatic carbocycles. The Balaban J connectivity index is 1.39. The number of rotatable bonds is 4. The Morgan fingerprint density at radius 2 is 2.13 bits per heavy atom. The van der Waals surface area contributed by atoms with Crippen LogP contribution < -0.4 is 10.2 Å². The minimum Gasteiger partial charge on any atom is -0.494 e. The number of ether oxygens (including phenoxy) is 1. The summed E-state index contributed by atoms with van der Waals surface area (Å²) in [4.78, 5) is 15.9. The van der Waals surface area contributed by atoms with E-state index in [0.717, 1.165) is 18.5 Å². The van der Waals surface area contributed by atoms with Crippen LogP contribution >= 0.6 is 0 Å². The van der Waals surface area contributed by atoms with Gasteiger partial charge in [0.05, 0.1) is 29.4 Å². The maximum Gasteiger partial charge on any atom is 0.237 e. The number of imidazole rings is 1. The molecule has 2 unspecified atom stereocenters. The van der Waals surface area contributed by atoms with E-state index in [9.17, 15) is 13.9 Å². The van der Waals surface area contributed by atoms with E-state index in [0.29, 0.717) is 59.3 Å². The topological polar surface area (TPSA) is 88.3 Å². The van der Waals surface area contributed by atoms with Gasteiger partial charge in [0.25, 0.3) is 0 Å². The first-order chi connectivity index (χ1) is 18.6. The van der Waals surface area contributed by atoms with Crippen LogP contribution in [0.25, 0.3) is 17.0 Å². The molecule has 2 N–H and O–H groups in total. The number of fused-ring (bicyclic) bond motifs is 2. The maximum atomic E-state index is 14.7. The minimum absolute atomic E-state index is 0.271. The fraction of sp³-hybridized carbons (Fsp3) is 0.321. The van der Waals surface area contributed by atoms with Crippen LogP contribution in [0.1, 0.15) is 31.4 Å². The zero-order valence-corrected chi connectivity index (χ0v) is 20.5. The molecule has 8 nitrogen and oxygen atoms in total. The number of alkyl halides is 1. The molecular weight excluding hydrogens is 490 g/mol. The summed E-state index contributed by atoms with van der Waals surface area (Å²) < 4.78 is 36.2. The summed E-state index contributed by atoms with van der Waals surface area (Å²) in [5.74, 6) is 0.776. The van der Waals surface area contributed by atoms with Crippen LogP contribution in [0.4, 0.5) is 20.3 Å². The number of aliphatic hydroxyl groups is 1. The molecule has 0 spiro atoms. The van der Waals surface area contributed by atoms with E-state index in [4.69, 9.17) is 14.7 Å². The zero-order valence-electron chi connectivity index (χ0n) is 20.5. The van der Waals surface area contributed by atoms with Crippen molar-refractivity contribution in [3.05, 3.63) is 83.3 Å². The van der Waals surface area contributed by atoms with E-state index >= 15 is 0 Å². The largest absolute Gasteiger partial charge is 0.494 e. The molecule has 0 saturated carbocycles. The average Bonchev–Trinajstić information content (AvgIpc) is 3.49. The summed E-state index contributed by atoms with van der Waals surface area (Å²) in [6.07, 6.45) is 12.5. The maximum absolute atomic E-state index is 14.7. The van der Waals surface area contributed by atoms with Gasteiger partial charge in [0.15, 0.2) is 12.0 Å². The van der Waals surface area contributed by atoms with Gasteiger partial charge in [0.1, 0.15) is 23.6 Å². The second-order valence-electron chi connectivity index (χ2n) is 9.89. The van der Waals surface area contributed by atoms with Crippen LogP contribution in [0.3, 0.4) is 0 Å². The monoisotopic (exact) mass is 516 g/mol. The Bertz CT molecular complexity index is 1560. The summed E-state index contributed by atoms with van der Waals surface area (Å²) >= 11 is 0. The first kappa shape index (κ1) is 23.1. The molecule has 0 fully saturated rings. The Kier molecular flexibility index (Phi) is 5.50. The van der Waals surface area contributed by atoms with Gasteiger partial charge in [-0.2, -0.15) is 4.98 Å². The highest BCUT2D eigenvalue weighted by molar-refractivity contribution is 5.79. The van der Waals surface area contributed by atoms with Gasteiger partial charge in [-0.3, -0.25) is 4.57 Å². The van der Waals surface area contributed by atoms with Gasteiger partial charge in [-0.05, 0) is 25.0 Å². The van der Waals surface area contributed by atoms with Gasteiger partial charge in [-0.25, -0.2) is 18.7 Å². The minimum atomic E-state index is -1.21. The number of nitrogens with one attached hydrogen (secondary N) is 1. The highest BCUT2D eigenvalue weighted by Crippen LogP contribution is 2.42. The van der Waals surface area contributed by atoms with Gasteiger partial charge in [0.2, 0.25) is 12.3 Å². The van der Waals surface area contributed by atoms with Crippen molar-refractivity contribution in [1.82, 2.24) is 19.5 Å². The summed E-state index contributed by atoms with van der Waals surface area (Å²) in [6, 6.07) is 4.04. The summed E-state index contributed by atoms with van der Waals surface area (Å²) in [5.41, 5.74) is 4.43. The van der Waals surface area contributed by atoms with Crippen LogP contribution in [0, 0.1) is 5.82 Å². The number of aliphatic hydroxyl groups excluding tert-OH is 1. The number of anilines is 2. The molecule has 0 amide bonds. The van der Waals surface area contributed by atoms with Crippen molar-refractivity contribution in [2.45, 2.75) is 50.7 Å². The first-order valence-corrected chi connectivity index (χ1v) is 12.9. The molecule has 38 heavy (non-hydrogen) atoms. The molecule has 10 heteroatoms. The molecular formula is C28H26F2N6O2. The lowest BCUT2D eigenvalue weighted by atomic mass is 9.92. The van der Waals surface area contributed by atoms with Crippen molar-refractivity contribution in [2.75, 3.05) is 16.8 Å². The van der Waals surface area contributed by atoms with Crippen molar-refractivity contribution in [3.8, 4) is 5.95 Å². The van der Waals surface area contributed by atoms with Crippen LogP contribution in [0.5, 0.6) is 0 Å². The predicted octanol–water partition coefficient (Wildman–Crippen LogP) is 4.62. The number of hydrogen-bond donors (Lipinski definition) is 2. The van der Waals surface area contributed by atoms with E-state index in [1.165, 1.54) is 17.7 Å². The van der Waals surface area contributed by atoms with E-state index in [2.05, 4.69) is 22.5 Å². The average molecular weight is 517 g/mol. The van der Waals surface area contributed by atoms with Gasteiger partial charge < -0.3 is 20.1 Å². The molecule has 4 aliphatic rings. The van der Waals surface area contributed by atoms with Crippen molar-refractivity contribution >= 4 is 22.5 Å². The smallest absolute Gasteiger partial charge is 0.237 e. The van der Waals surface area contributed by atoms with Gasteiger partial charge >= 0.3 is 0 Å². The van der Waals surface area contributed by atoms with Crippen molar-refractivity contribution in [3.63, 3.8) is 0 Å². The molecule has 0 radical (unpaired) electrons. The van der Waals surface area contributed by atoms with E-state index in [-0.39, 0.29) is 18.3 Å². The summed E-state index contributed by atoms with van der Waals surface area (Å²) in [6.45, 7) is 0.339. The second-order valence-corrected chi connectivity index (χ2v) is 9.89. The van der Waals surface area contributed by atoms with Crippen molar-refractivity contribution < 1.29 is 18.6 Å². The molecule has 0 saturated heterocycles. The zero-order chi connectivity index (χ0) is 25.8. The normalized spacial score (nSPS) is 24.2. The molecule has 1 aromatic carbocycles. The van der Waals surface area contributed by atoms with Gasteiger partial charge in [0, 0.05) is 30.9 Å². The van der Waals surface area contributed by atoms with E-state index in [1.807, 2.05) is 12.2 Å². The van der Waals surface area contributed by atoms with Gasteiger partial charge in [-0.15, -0.1) is 0 Å². The van der Waals surface area contributed by atoms with Crippen molar-refractivity contribution in [1.29, 1.82) is 0 Å². The third-order valence-electron chi connectivity index (χ3n) is 7.51. The molecule has 2 aromatic heterocycles. The lowest BCUT2D eigenvalue weighted by molar-refractivity contribution is 0.118. The Morgan fingerprint density at radius 3 is 3.00 bits per heavy atom.